The molecule has 2 aliphatic heterocycles. The average Bonchev–Trinajstić information content (AvgIpc) is 3.10. The normalized spacial score (nSPS) is 20.6. The molecule has 1 aromatic carbocycles. The van der Waals surface area contributed by atoms with Crippen molar-refractivity contribution in [1.82, 2.24) is 9.88 Å². The standard InChI is InChI=1S/C20H19N3O2S/c21-9-15-3-1-5-17(7-15)19(24)23-13-20(14-23)8-18(12-26-20)25-11-16-4-2-6-22-10-16/h1-7,10,18H,8,11-14H2/t18-/m0/s1. The molecule has 2 fully saturated rings. The Labute approximate surface area is 157 Å². The van der Waals surface area contributed by atoms with Crippen LogP contribution in [-0.2, 0) is 11.3 Å². The van der Waals surface area contributed by atoms with Gasteiger partial charge in [0.2, 0.25) is 0 Å². The topological polar surface area (TPSA) is 66.2 Å². The number of pyridine rings is 1. The molecule has 132 valence electrons. The third-order valence-electron chi connectivity index (χ3n) is 4.87. The van der Waals surface area contributed by atoms with E-state index in [1.165, 1.54) is 0 Å². The first-order chi connectivity index (χ1) is 12.7. The summed E-state index contributed by atoms with van der Waals surface area (Å²) in [6.07, 6.45) is 4.78. The van der Waals surface area contributed by atoms with E-state index in [2.05, 4.69) is 11.1 Å². The van der Waals surface area contributed by atoms with Crippen LogP contribution in [0.15, 0.2) is 48.8 Å². The Morgan fingerprint density at radius 1 is 1.38 bits per heavy atom. The van der Waals surface area contributed by atoms with Gasteiger partial charge in [-0.25, -0.2) is 0 Å². The van der Waals surface area contributed by atoms with Crippen molar-refractivity contribution in [1.29, 1.82) is 5.26 Å². The highest BCUT2D eigenvalue weighted by atomic mass is 32.2. The SMILES string of the molecule is N#Cc1cccc(C(=O)N2CC3(C[C@H](OCc4cccnc4)CS3)C2)c1. The van der Waals surface area contributed by atoms with Gasteiger partial charge in [-0.2, -0.15) is 5.26 Å². The molecule has 0 saturated carbocycles. The minimum atomic E-state index is 0.00746. The second kappa shape index (κ2) is 7.10. The van der Waals surface area contributed by atoms with Gasteiger partial charge in [-0.3, -0.25) is 9.78 Å². The number of ether oxygens (including phenoxy) is 1. The molecule has 0 bridgehead atoms. The zero-order chi connectivity index (χ0) is 18.0. The van der Waals surface area contributed by atoms with Gasteiger partial charge >= 0.3 is 0 Å². The summed E-state index contributed by atoms with van der Waals surface area (Å²) in [4.78, 5) is 18.6. The minimum Gasteiger partial charge on any atom is -0.373 e. The first-order valence-corrected chi connectivity index (χ1v) is 9.60. The van der Waals surface area contributed by atoms with Crippen molar-refractivity contribution in [3.8, 4) is 6.07 Å². The lowest BCUT2D eigenvalue weighted by molar-refractivity contribution is 0.0254. The van der Waals surface area contributed by atoms with Crippen molar-refractivity contribution in [3.05, 3.63) is 65.5 Å². The molecule has 0 N–H and O–H groups in total. The van der Waals surface area contributed by atoms with Gasteiger partial charge in [-0.1, -0.05) is 12.1 Å². The molecule has 6 heteroatoms. The fourth-order valence-corrected chi connectivity index (χ4v) is 5.08. The molecule has 1 spiro atoms. The van der Waals surface area contributed by atoms with E-state index in [0.717, 1.165) is 30.8 Å². The van der Waals surface area contributed by atoms with Crippen LogP contribution in [0.2, 0.25) is 0 Å². The monoisotopic (exact) mass is 365 g/mol. The molecule has 2 aliphatic rings. The molecule has 0 radical (unpaired) electrons. The maximum absolute atomic E-state index is 12.6. The molecule has 1 aromatic heterocycles. The largest absolute Gasteiger partial charge is 0.373 e. The van der Waals surface area contributed by atoms with Crippen LogP contribution >= 0.6 is 11.8 Å². The smallest absolute Gasteiger partial charge is 0.253 e. The van der Waals surface area contributed by atoms with Crippen LogP contribution in [0.4, 0.5) is 0 Å². The van der Waals surface area contributed by atoms with Gasteiger partial charge in [0.15, 0.2) is 0 Å². The van der Waals surface area contributed by atoms with E-state index >= 15 is 0 Å². The number of nitrogens with zero attached hydrogens (tertiary/aromatic N) is 3. The summed E-state index contributed by atoms with van der Waals surface area (Å²) >= 11 is 1.91. The van der Waals surface area contributed by atoms with Gasteiger partial charge in [0, 0.05) is 36.8 Å². The van der Waals surface area contributed by atoms with Crippen molar-refractivity contribution < 1.29 is 9.53 Å². The Morgan fingerprint density at radius 3 is 3.04 bits per heavy atom. The second-order valence-corrected chi connectivity index (χ2v) is 8.33. The molecule has 2 saturated heterocycles. The number of benzene rings is 1. The number of carbonyl (C=O) groups excluding carboxylic acids is 1. The first kappa shape index (κ1) is 17.1. The van der Waals surface area contributed by atoms with Crippen molar-refractivity contribution in [2.45, 2.75) is 23.9 Å². The van der Waals surface area contributed by atoms with Crippen LogP contribution in [0.1, 0.15) is 27.9 Å². The number of likely N-dealkylation sites (tertiary alicyclic amines) is 1. The van der Waals surface area contributed by atoms with Gasteiger partial charge < -0.3 is 9.64 Å². The van der Waals surface area contributed by atoms with Crippen LogP contribution in [0.3, 0.4) is 0 Å². The quantitative estimate of drug-likeness (QED) is 0.833. The molecule has 3 heterocycles. The summed E-state index contributed by atoms with van der Waals surface area (Å²) in [5.41, 5.74) is 2.19. The second-order valence-electron chi connectivity index (χ2n) is 6.85. The molecular weight excluding hydrogens is 346 g/mol. The Hall–Kier alpha value is -2.36. The van der Waals surface area contributed by atoms with Crippen molar-refractivity contribution in [2.24, 2.45) is 0 Å². The van der Waals surface area contributed by atoms with Gasteiger partial charge in [0.05, 0.1) is 29.1 Å². The van der Waals surface area contributed by atoms with E-state index in [1.807, 2.05) is 35.0 Å². The molecular formula is C20H19N3O2S. The minimum absolute atomic E-state index is 0.00746. The highest BCUT2D eigenvalue weighted by Gasteiger charge is 2.51. The fourth-order valence-electron chi connectivity index (χ4n) is 3.52. The maximum atomic E-state index is 12.6. The zero-order valence-corrected chi connectivity index (χ0v) is 15.1. The lowest BCUT2D eigenvalue weighted by Gasteiger charge is -2.47. The van der Waals surface area contributed by atoms with E-state index in [1.54, 1.807) is 30.5 Å². The van der Waals surface area contributed by atoms with Crippen LogP contribution < -0.4 is 0 Å². The van der Waals surface area contributed by atoms with Crippen LogP contribution in [0, 0.1) is 11.3 Å². The van der Waals surface area contributed by atoms with Crippen molar-refractivity contribution in [3.63, 3.8) is 0 Å². The Bertz CT molecular complexity index is 844. The molecule has 4 rings (SSSR count). The van der Waals surface area contributed by atoms with E-state index in [9.17, 15) is 4.79 Å². The van der Waals surface area contributed by atoms with E-state index in [4.69, 9.17) is 10.00 Å². The molecule has 0 aliphatic carbocycles. The molecule has 26 heavy (non-hydrogen) atoms. The summed E-state index contributed by atoms with van der Waals surface area (Å²) < 4.78 is 6.16. The molecule has 1 atom stereocenters. The predicted octanol–water partition coefficient (Wildman–Crippen LogP) is 2.87. The van der Waals surface area contributed by atoms with Gasteiger partial charge in [0.1, 0.15) is 0 Å². The van der Waals surface area contributed by atoms with Crippen LogP contribution in [0.25, 0.3) is 0 Å². The Morgan fingerprint density at radius 2 is 2.27 bits per heavy atom. The average molecular weight is 365 g/mol. The van der Waals surface area contributed by atoms with Gasteiger partial charge in [-0.05, 0) is 36.2 Å². The van der Waals surface area contributed by atoms with E-state index < -0.39 is 0 Å². The number of hydrogen-bond acceptors (Lipinski definition) is 5. The van der Waals surface area contributed by atoms with Crippen molar-refractivity contribution >= 4 is 17.7 Å². The maximum Gasteiger partial charge on any atom is 0.253 e. The van der Waals surface area contributed by atoms with Crippen LogP contribution in [-0.4, -0.2) is 45.5 Å². The van der Waals surface area contributed by atoms with Crippen LogP contribution in [0.5, 0.6) is 0 Å². The van der Waals surface area contributed by atoms with Crippen molar-refractivity contribution in [2.75, 3.05) is 18.8 Å². The number of hydrogen-bond donors (Lipinski definition) is 0. The summed E-state index contributed by atoms with van der Waals surface area (Å²) in [5.74, 6) is 0.972. The number of thioether (sulfide) groups is 1. The molecule has 1 amide bonds. The van der Waals surface area contributed by atoms with E-state index in [-0.39, 0.29) is 16.8 Å². The van der Waals surface area contributed by atoms with E-state index in [0.29, 0.717) is 17.7 Å². The number of carbonyl (C=O) groups is 1. The third-order valence-corrected chi connectivity index (χ3v) is 6.44. The lowest BCUT2D eigenvalue weighted by Crippen LogP contribution is -2.60. The summed E-state index contributed by atoms with van der Waals surface area (Å²) in [6, 6.07) is 12.9. The summed E-state index contributed by atoms with van der Waals surface area (Å²) in [6.45, 7) is 2.08. The molecule has 5 nitrogen and oxygen atoms in total. The number of nitriles is 1. The fraction of sp³-hybridized carbons (Fsp3) is 0.350. The highest BCUT2D eigenvalue weighted by molar-refractivity contribution is 8.01. The molecule has 2 aromatic rings. The Balaban J connectivity index is 1.30. The summed E-state index contributed by atoms with van der Waals surface area (Å²) in [7, 11) is 0. The number of aromatic nitrogens is 1. The summed E-state index contributed by atoms with van der Waals surface area (Å²) in [5, 5.41) is 8.99. The predicted molar refractivity (Wildman–Crippen MR) is 99.7 cm³/mol. The Kier molecular flexibility index (Phi) is 4.66. The lowest BCUT2D eigenvalue weighted by atomic mass is 9.92. The van der Waals surface area contributed by atoms with Gasteiger partial charge in [-0.15, -0.1) is 11.8 Å². The number of amides is 1. The highest BCUT2D eigenvalue weighted by Crippen LogP contribution is 2.46. The molecule has 0 unspecified atom stereocenters. The number of rotatable bonds is 4. The zero-order valence-electron chi connectivity index (χ0n) is 14.3. The first-order valence-electron chi connectivity index (χ1n) is 8.61. The van der Waals surface area contributed by atoms with Gasteiger partial charge in [0.25, 0.3) is 5.91 Å². The third kappa shape index (κ3) is 3.46.